The molecule has 2 aromatic carbocycles. The first-order chi connectivity index (χ1) is 12.2. The van der Waals surface area contributed by atoms with Gasteiger partial charge in [0.1, 0.15) is 0 Å². The van der Waals surface area contributed by atoms with Crippen LogP contribution in [-0.2, 0) is 11.3 Å². The van der Waals surface area contributed by atoms with E-state index in [9.17, 15) is 4.79 Å². The van der Waals surface area contributed by atoms with Gasteiger partial charge < -0.3 is 14.4 Å². The van der Waals surface area contributed by atoms with Crippen LogP contribution < -0.4 is 9.47 Å². The standard InChI is InChI=1S/C20H21NO3S/c1-25-16-7-5-14(6-8-16)17-11-19-18(23-13-24-19)10-15(17)12-21-9-3-2-4-20(21)22/h5-8,10-11H,2-4,9,12-13H2,1H3. The van der Waals surface area contributed by atoms with Gasteiger partial charge in [-0.15, -0.1) is 11.8 Å². The number of fused-ring (bicyclic) bond motifs is 1. The Bertz CT molecular complexity index is 788. The van der Waals surface area contributed by atoms with Crippen molar-refractivity contribution < 1.29 is 14.3 Å². The molecule has 0 atom stereocenters. The maximum atomic E-state index is 12.2. The van der Waals surface area contributed by atoms with E-state index in [2.05, 4.69) is 30.5 Å². The highest BCUT2D eigenvalue weighted by atomic mass is 32.2. The van der Waals surface area contributed by atoms with Crippen molar-refractivity contribution in [3.05, 3.63) is 42.0 Å². The molecule has 0 aliphatic carbocycles. The molecule has 0 N–H and O–H groups in total. The van der Waals surface area contributed by atoms with Crippen LogP contribution in [0, 0.1) is 0 Å². The minimum absolute atomic E-state index is 0.243. The van der Waals surface area contributed by atoms with E-state index < -0.39 is 0 Å². The molecule has 25 heavy (non-hydrogen) atoms. The number of thioether (sulfide) groups is 1. The van der Waals surface area contributed by atoms with Crippen molar-refractivity contribution in [3.63, 3.8) is 0 Å². The molecule has 2 heterocycles. The van der Waals surface area contributed by atoms with Gasteiger partial charge in [-0.1, -0.05) is 12.1 Å². The second-order valence-electron chi connectivity index (χ2n) is 6.36. The van der Waals surface area contributed by atoms with Gasteiger partial charge in [-0.3, -0.25) is 4.79 Å². The van der Waals surface area contributed by atoms with Crippen molar-refractivity contribution in [2.24, 2.45) is 0 Å². The van der Waals surface area contributed by atoms with Crippen LogP contribution >= 0.6 is 11.8 Å². The Morgan fingerprint density at radius 2 is 1.84 bits per heavy atom. The van der Waals surface area contributed by atoms with Crippen molar-refractivity contribution in [1.29, 1.82) is 0 Å². The molecule has 0 unspecified atom stereocenters. The summed E-state index contributed by atoms with van der Waals surface area (Å²) in [5, 5.41) is 0. The number of ether oxygens (including phenoxy) is 2. The molecule has 1 saturated heterocycles. The molecule has 1 fully saturated rings. The molecule has 4 nitrogen and oxygen atoms in total. The Morgan fingerprint density at radius 3 is 2.56 bits per heavy atom. The van der Waals surface area contributed by atoms with Crippen LogP contribution in [0.3, 0.4) is 0 Å². The number of nitrogens with zero attached hydrogens (tertiary/aromatic N) is 1. The van der Waals surface area contributed by atoms with Gasteiger partial charge in [0, 0.05) is 24.4 Å². The van der Waals surface area contributed by atoms with Gasteiger partial charge in [0.2, 0.25) is 12.7 Å². The normalized spacial score (nSPS) is 16.4. The summed E-state index contributed by atoms with van der Waals surface area (Å²) in [4.78, 5) is 15.4. The molecule has 0 aromatic heterocycles. The summed E-state index contributed by atoms with van der Waals surface area (Å²) in [5.41, 5.74) is 3.35. The largest absolute Gasteiger partial charge is 0.454 e. The van der Waals surface area contributed by atoms with E-state index in [0.29, 0.717) is 13.0 Å². The zero-order valence-corrected chi connectivity index (χ0v) is 15.1. The molecule has 0 bridgehead atoms. The molecule has 1 amide bonds. The van der Waals surface area contributed by atoms with Gasteiger partial charge in [0.05, 0.1) is 0 Å². The minimum atomic E-state index is 0.243. The Kier molecular flexibility index (Phi) is 4.57. The molecule has 0 spiro atoms. The van der Waals surface area contributed by atoms with Crippen LogP contribution in [0.2, 0.25) is 0 Å². The Balaban J connectivity index is 1.72. The van der Waals surface area contributed by atoms with E-state index in [-0.39, 0.29) is 12.7 Å². The first kappa shape index (κ1) is 16.3. The maximum Gasteiger partial charge on any atom is 0.231 e. The van der Waals surface area contributed by atoms with Crippen molar-refractivity contribution in [3.8, 4) is 22.6 Å². The van der Waals surface area contributed by atoms with Crippen LogP contribution in [-0.4, -0.2) is 30.4 Å². The zero-order chi connectivity index (χ0) is 17.2. The van der Waals surface area contributed by atoms with Crippen molar-refractivity contribution in [2.75, 3.05) is 19.6 Å². The Labute approximate surface area is 152 Å². The van der Waals surface area contributed by atoms with Gasteiger partial charge in [-0.05, 0) is 60.1 Å². The summed E-state index contributed by atoms with van der Waals surface area (Å²) in [6.45, 7) is 1.71. The lowest BCUT2D eigenvalue weighted by Gasteiger charge is -2.27. The molecule has 2 aromatic rings. The first-order valence-electron chi connectivity index (χ1n) is 8.59. The number of carbonyl (C=O) groups is 1. The summed E-state index contributed by atoms with van der Waals surface area (Å²) in [7, 11) is 0. The summed E-state index contributed by atoms with van der Waals surface area (Å²) in [5.74, 6) is 1.79. The predicted octanol–water partition coefficient (Wildman–Crippen LogP) is 4.32. The molecule has 130 valence electrons. The second kappa shape index (κ2) is 7.00. The molecule has 0 radical (unpaired) electrons. The van der Waals surface area contributed by atoms with E-state index in [0.717, 1.165) is 47.6 Å². The molecular weight excluding hydrogens is 334 g/mol. The fraction of sp³-hybridized carbons (Fsp3) is 0.350. The van der Waals surface area contributed by atoms with E-state index in [1.807, 2.05) is 17.0 Å². The molecule has 2 aliphatic heterocycles. The quantitative estimate of drug-likeness (QED) is 0.766. The van der Waals surface area contributed by atoms with E-state index in [4.69, 9.17) is 9.47 Å². The number of carbonyl (C=O) groups excluding carboxylic acids is 1. The lowest BCUT2D eigenvalue weighted by Crippen LogP contribution is -2.34. The minimum Gasteiger partial charge on any atom is -0.454 e. The van der Waals surface area contributed by atoms with E-state index >= 15 is 0 Å². The summed E-state index contributed by atoms with van der Waals surface area (Å²) in [6.07, 6.45) is 4.80. The fourth-order valence-electron chi connectivity index (χ4n) is 3.39. The van der Waals surface area contributed by atoms with Crippen molar-refractivity contribution in [1.82, 2.24) is 4.90 Å². The number of piperidine rings is 1. The zero-order valence-electron chi connectivity index (χ0n) is 14.3. The SMILES string of the molecule is CSc1ccc(-c2cc3c(cc2CN2CCCCC2=O)OCO3)cc1. The maximum absolute atomic E-state index is 12.2. The third-order valence-electron chi connectivity index (χ3n) is 4.78. The topological polar surface area (TPSA) is 38.8 Å². The van der Waals surface area contributed by atoms with Crippen molar-refractivity contribution in [2.45, 2.75) is 30.7 Å². The highest BCUT2D eigenvalue weighted by Crippen LogP contribution is 2.39. The van der Waals surface area contributed by atoms with Crippen LogP contribution in [0.1, 0.15) is 24.8 Å². The lowest BCUT2D eigenvalue weighted by molar-refractivity contribution is -0.133. The molecule has 5 heteroatoms. The number of hydrogen-bond acceptors (Lipinski definition) is 4. The van der Waals surface area contributed by atoms with E-state index in [1.165, 1.54) is 4.90 Å². The number of amides is 1. The number of likely N-dealkylation sites (tertiary alicyclic amines) is 1. The summed E-state index contributed by atoms with van der Waals surface area (Å²) < 4.78 is 11.1. The van der Waals surface area contributed by atoms with Gasteiger partial charge in [-0.25, -0.2) is 0 Å². The van der Waals surface area contributed by atoms with Crippen molar-refractivity contribution >= 4 is 17.7 Å². The summed E-state index contributed by atoms with van der Waals surface area (Å²) >= 11 is 1.73. The molecule has 2 aliphatic rings. The third-order valence-corrected chi connectivity index (χ3v) is 5.53. The number of rotatable bonds is 4. The average molecular weight is 355 g/mol. The smallest absolute Gasteiger partial charge is 0.231 e. The van der Waals surface area contributed by atoms with Gasteiger partial charge >= 0.3 is 0 Å². The monoisotopic (exact) mass is 355 g/mol. The average Bonchev–Trinajstić information content (AvgIpc) is 3.10. The lowest BCUT2D eigenvalue weighted by atomic mass is 9.97. The van der Waals surface area contributed by atoms with Crippen LogP contribution in [0.4, 0.5) is 0 Å². The number of hydrogen-bond donors (Lipinski definition) is 0. The van der Waals surface area contributed by atoms with Gasteiger partial charge in [-0.2, -0.15) is 0 Å². The highest BCUT2D eigenvalue weighted by Gasteiger charge is 2.23. The highest BCUT2D eigenvalue weighted by molar-refractivity contribution is 7.98. The Hall–Kier alpha value is -2.14. The predicted molar refractivity (Wildman–Crippen MR) is 99.1 cm³/mol. The van der Waals surface area contributed by atoms with E-state index in [1.54, 1.807) is 11.8 Å². The number of benzene rings is 2. The second-order valence-corrected chi connectivity index (χ2v) is 7.24. The molecule has 4 rings (SSSR count). The van der Waals surface area contributed by atoms with Crippen LogP contribution in [0.15, 0.2) is 41.3 Å². The first-order valence-corrected chi connectivity index (χ1v) is 9.82. The summed E-state index contributed by atoms with van der Waals surface area (Å²) in [6, 6.07) is 12.6. The van der Waals surface area contributed by atoms with Gasteiger partial charge in [0.25, 0.3) is 0 Å². The fourth-order valence-corrected chi connectivity index (χ4v) is 3.80. The van der Waals surface area contributed by atoms with Crippen LogP contribution in [0.5, 0.6) is 11.5 Å². The van der Waals surface area contributed by atoms with Crippen LogP contribution in [0.25, 0.3) is 11.1 Å². The molecular formula is C20H21NO3S. The Morgan fingerprint density at radius 1 is 1.08 bits per heavy atom. The molecule has 0 saturated carbocycles. The van der Waals surface area contributed by atoms with Gasteiger partial charge in [0.15, 0.2) is 11.5 Å². The third kappa shape index (κ3) is 3.33.